The quantitative estimate of drug-likeness (QED) is 0.408. The molecule has 0 heterocycles. The van der Waals surface area contributed by atoms with Gasteiger partial charge in [0.05, 0.1) is 7.11 Å². The van der Waals surface area contributed by atoms with Crippen LogP contribution in [0.2, 0.25) is 0 Å². The molecule has 0 unspecified atom stereocenters. The van der Waals surface area contributed by atoms with Crippen molar-refractivity contribution in [2.75, 3.05) is 7.11 Å². The summed E-state index contributed by atoms with van der Waals surface area (Å²) in [6.07, 6.45) is -0.591. The molecule has 0 rings (SSSR count). The minimum absolute atomic E-state index is 0. The van der Waals surface area contributed by atoms with Crippen LogP contribution in [0.15, 0.2) is 0 Å². The van der Waals surface area contributed by atoms with Crippen molar-refractivity contribution in [1.82, 2.24) is 3.71 Å². The first-order chi connectivity index (χ1) is 3.18. The predicted molar refractivity (Wildman–Crippen MR) is 39.4 cm³/mol. The summed E-state index contributed by atoms with van der Waals surface area (Å²) in [5, 5.41) is 0. The van der Waals surface area contributed by atoms with Crippen molar-refractivity contribution >= 4 is 83.1 Å². The molecule has 0 bridgehead atoms. The molecule has 0 aromatic heterocycles. The van der Waals surface area contributed by atoms with Gasteiger partial charge in [-0.2, -0.15) is 3.71 Å². The van der Waals surface area contributed by atoms with Crippen molar-refractivity contribution in [2.45, 2.75) is 0 Å². The van der Waals surface area contributed by atoms with Crippen molar-refractivity contribution in [3.63, 3.8) is 0 Å². The Kier molecular flexibility index (Phi) is 10.3. The van der Waals surface area contributed by atoms with Gasteiger partial charge in [0.2, 0.25) is 0 Å². The van der Waals surface area contributed by atoms with E-state index in [0.717, 1.165) is 3.71 Å². The first-order valence-electron chi connectivity index (χ1n) is 1.44. The molecule has 0 fully saturated rings. The maximum atomic E-state index is 10.1. The average molecular weight is 179 g/mol. The summed E-state index contributed by atoms with van der Waals surface area (Å²) in [5.74, 6) is 0. The van der Waals surface area contributed by atoms with Crippen LogP contribution in [0.25, 0.3) is 0 Å². The fourth-order valence-electron chi connectivity index (χ4n) is 0.0816. The van der Waals surface area contributed by atoms with Crippen molar-refractivity contribution in [3.8, 4) is 0 Å². The van der Waals surface area contributed by atoms with Gasteiger partial charge in [-0.05, 0) is 25.6 Å². The molecule has 0 saturated carbocycles. The molecule has 0 N–H and O–H groups in total. The van der Waals surface area contributed by atoms with Gasteiger partial charge < -0.3 is 4.74 Å². The summed E-state index contributed by atoms with van der Waals surface area (Å²) in [7, 11) is 1.25. The van der Waals surface area contributed by atoms with E-state index in [1.54, 1.807) is 0 Å². The Balaban J connectivity index is 0. The number of hydrogen-bond acceptors (Lipinski definition) is 4. The zero-order chi connectivity index (χ0) is 5.86. The van der Waals surface area contributed by atoms with Crippen LogP contribution in [0.1, 0.15) is 0 Å². The van der Waals surface area contributed by atoms with Gasteiger partial charge in [0, 0.05) is 0 Å². The molecule has 0 spiro atoms. The van der Waals surface area contributed by atoms with Crippen LogP contribution in [-0.2, 0) is 4.74 Å². The van der Waals surface area contributed by atoms with Crippen molar-refractivity contribution in [1.29, 1.82) is 0 Å². The van der Waals surface area contributed by atoms with Crippen LogP contribution >= 0.6 is 25.6 Å². The minimum atomic E-state index is -0.591. The summed E-state index contributed by atoms with van der Waals surface area (Å²) >= 11 is 6.99. The molecule has 0 aromatic rings. The molecule has 8 heavy (non-hydrogen) atoms. The molecule has 0 aliphatic rings. The molecular formula is C2H6KNO2S2. The van der Waals surface area contributed by atoms with Crippen LogP contribution in [-0.4, -0.2) is 68.3 Å². The molecule has 0 radical (unpaired) electrons. The van der Waals surface area contributed by atoms with Gasteiger partial charge in [-0.1, -0.05) is 0 Å². The zero-order valence-electron chi connectivity index (χ0n) is 3.66. The number of ether oxygens (including phenoxy) is 1. The standard InChI is InChI=1S/C2H5NO2S2.K.H/c1-5-2(4)3(6)7;;/h6-7H,1H3;;. The van der Waals surface area contributed by atoms with Gasteiger partial charge in [0.15, 0.2) is 0 Å². The van der Waals surface area contributed by atoms with E-state index in [4.69, 9.17) is 0 Å². The Morgan fingerprint density at radius 2 is 2.00 bits per heavy atom. The second kappa shape index (κ2) is 6.72. The number of methoxy groups -OCH3 is 1. The van der Waals surface area contributed by atoms with Crippen molar-refractivity contribution in [2.24, 2.45) is 0 Å². The Morgan fingerprint density at radius 3 is 2.00 bits per heavy atom. The summed E-state index contributed by atoms with van der Waals surface area (Å²) in [5.41, 5.74) is 0. The second-order valence-electron chi connectivity index (χ2n) is 0.759. The van der Waals surface area contributed by atoms with Gasteiger partial charge in [-0.15, -0.1) is 0 Å². The van der Waals surface area contributed by atoms with Gasteiger partial charge in [0.1, 0.15) is 0 Å². The topological polar surface area (TPSA) is 29.5 Å². The molecule has 6 heteroatoms. The van der Waals surface area contributed by atoms with E-state index < -0.39 is 6.09 Å². The molecule has 0 aliphatic carbocycles. The van der Waals surface area contributed by atoms with Gasteiger partial charge >= 0.3 is 57.5 Å². The van der Waals surface area contributed by atoms with Gasteiger partial charge in [-0.25, -0.2) is 4.79 Å². The van der Waals surface area contributed by atoms with E-state index in [1.165, 1.54) is 7.11 Å². The Hall–Kier alpha value is 1.61. The number of rotatable bonds is 0. The number of carbonyl (C=O) groups is 1. The second-order valence-corrected chi connectivity index (χ2v) is 1.88. The van der Waals surface area contributed by atoms with Crippen LogP contribution in [0.4, 0.5) is 4.79 Å². The van der Waals surface area contributed by atoms with Crippen LogP contribution in [0.3, 0.4) is 0 Å². The first-order valence-corrected chi connectivity index (χ1v) is 2.24. The third kappa shape index (κ3) is 5.74. The Labute approximate surface area is 102 Å². The number of hydrogen-bond donors (Lipinski definition) is 2. The molecule has 0 aliphatic heterocycles. The third-order valence-electron chi connectivity index (χ3n) is 0.338. The van der Waals surface area contributed by atoms with Crippen molar-refractivity contribution < 1.29 is 9.53 Å². The van der Waals surface area contributed by atoms with Crippen LogP contribution < -0.4 is 0 Å². The van der Waals surface area contributed by atoms with E-state index >= 15 is 0 Å². The average Bonchev–Trinajstić information content (AvgIpc) is 1.65. The predicted octanol–water partition coefficient (Wildman–Crippen LogP) is 0.0959. The van der Waals surface area contributed by atoms with Crippen molar-refractivity contribution in [3.05, 3.63) is 0 Å². The fourth-order valence-corrected chi connectivity index (χ4v) is 0.245. The molecule has 0 atom stereocenters. The molecular weight excluding hydrogens is 173 g/mol. The number of carbonyl (C=O) groups excluding carboxylic acids is 1. The molecule has 44 valence electrons. The maximum absolute atomic E-state index is 10.1. The molecule has 1 amide bonds. The monoisotopic (exact) mass is 179 g/mol. The number of amides is 1. The van der Waals surface area contributed by atoms with Crippen LogP contribution in [0, 0.1) is 0 Å². The summed E-state index contributed by atoms with van der Waals surface area (Å²) in [6, 6.07) is 0. The van der Waals surface area contributed by atoms with E-state index in [9.17, 15) is 4.79 Å². The SMILES string of the molecule is COC(=O)N(S)S.[KH]. The molecule has 0 saturated heterocycles. The molecule has 0 aromatic carbocycles. The van der Waals surface area contributed by atoms with Crippen LogP contribution in [0.5, 0.6) is 0 Å². The zero-order valence-corrected chi connectivity index (χ0v) is 5.45. The number of nitrogens with zero attached hydrogens (tertiary/aromatic N) is 1. The number of thiol groups is 2. The molecule has 3 nitrogen and oxygen atoms in total. The van der Waals surface area contributed by atoms with E-state index in [-0.39, 0.29) is 51.4 Å². The van der Waals surface area contributed by atoms with Gasteiger partial charge in [-0.3, -0.25) is 0 Å². The Bertz CT molecular complexity index is 78.4. The van der Waals surface area contributed by atoms with E-state index in [0.29, 0.717) is 0 Å². The van der Waals surface area contributed by atoms with E-state index in [2.05, 4.69) is 30.4 Å². The Morgan fingerprint density at radius 1 is 1.62 bits per heavy atom. The fraction of sp³-hybridized carbons (Fsp3) is 0.500. The normalized spacial score (nSPS) is 6.88. The first kappa shape index (κ1) is 12.3. The van der Waals surface area contributed by atoms with E-state index in [1.807, 2.05) is 0 Å². The summed E-state index contributed by atoms with van der Waals surface area (Å²) < 4.78 is 4.90. The third-order valence-corrected chi connectivity index (χ3v) is 0.665. The summed E-state index contributed by atoms with van der Waals surface area (Å²) in [4.78, 5) is 10.1. The van der Waals surface area contributed by atoms with Gasteiger partial charge in [0.25, 0.3) is 0 Å². The summed E-state index contributed by atoms with van der Waals surface area (Å²) in [6.45, 7) is 0.